The van der Waals surface area contributed by atoms with E-state index in [0.717, 1.165) is 0 Å². The molecular weight excluding hydrogens is 262 g/mol. The van der Waals surface area contributed by atoms with E-state index in [9.17, 15) is 14.7 Å². The van der Waals surface area contributed by atoms with Gasteiger partial charge in [-0.15, -0.1) is 0 Å². The fraction of sp³-hybridized carbons (Fsp3) is 0.429. The summed E-state index contributed by atoms with van der Waals surface area (Å²) in [7, 11) is 4.42. The zero-order chi connectivity index (χ0) is 15.1. The third-order valence-electron chi connectivity index (χ3n) is 2.88. The Kier molecular flexibility index (Phi) is 5.83. The molecule has 1 N–H and O–H groups in total. The third-order valence-corrected chi connectivity index (χ3v) is 2.88. The number of hydrogen-bond donors (Lipinski definition) is 1. The summed E-state index contributed by atoms with van der Waals surface area (Å²) in [6.07, 6.45) is 0.758. The fourth-order valence-corrected chi connectivity index (χ4v) is 1.69. The van der Waals surface area contributed by atoms with Gasteiger partial charge in [0.25, 0.3) is 5.91 Å². The predicted octanol–water partition coefficient (Wildman–Crippen LogP) is 1.43. The topological polar surface area (TPSA) is 76.1 Å². The molecule has 0 fully saturated rings. The lowest BCUT2D eigenvalue weighted by molar-refractivity contribution is -0.140. The smallest absolute Gasteiger partial charge is 0.305 e. The maximum Gasteiger partial charge on any atom is 0.305 e. The average Bonchev–Trinajstić information content (AvgIpc) is 2.45. The third kappa shape index (κ3) is 4.15. The quantitative estimate of drug-likeness (QED) is 0.798. The Balaban J connectivity index is 2.62. The molecule has 0 spiro atoms. The van der Waals surface area contributed by atoms with E-state index in [4.69, 9.17) is 4.74 Å². The summed E-state index contributed by atoms with van der Waals surface area (Å²) in [4.78, 5) is 24.5. The van der Waals surface area contributed by atoms with Crippen LogP contribution in [0, 0.1) is 0 Å². The fourth-order valence-electron chi connectivity index (χ4n) is 1.69. The molecule has 110 valence electrons. The number of carbonyl (C=O) groups is 2. The van der Waals surface area contributed by atoms with Crippen molar-refractivity contribution in [2.45, 2.75) is 12.8 Å². The molecule has 0 heterocycles. The molecule has 0 saturated carbocycles. The van der Waals surface area contributed by atoms with Crippen LogP contribution in [-0.2, 0) is 9.53 Å². The molecular formula is C14H19NO5. The maximum atomic E-state index is 12.1. The van der Waals surface area contributed by atoms with E-state index in [1.54, 1.807) is 13.1 Å². The Morgan fingerprint density at radius 3 is 2.55 bits per heavy atom. The largest absolute Gasteiger partial charge is 0.507 e. The molecule has 0 saturated heterocycles. The minimum Gasteiger partial charge on any atom is -0.507 e. The van der Waals surface area contributed by atoms with Crippen LogP contribution >= 0.6 is 0 Å². The van der Waals surface area contributed by atoms with Gasteiger partial charge in [0.1, 0.15) is 11.5 Å². The number of esters is 1. The summed E-state index contributed by atoms with van der Waals surface area (Å²) < 4.78 is 9.48. The summed E-state index contributed by atoms with van der Waals surface area (Å²) in [6.45, 7) is 0.402. The normalized spacial score (nSPS) is 9.95. The van der Waals surface area contributed by atoms with E-state index in [1.807, 2.05) is 0 Å². The van der Waals surface area contributed by atoms with Crippen molar-refractivity contribution in [2.24, 2.45) is 0 Å². The number of nitrogens with zero attached hydrogens (tertiary/aromatic N) is 1. The highest BCUT2D eigenvalue weighted by Crippen LogP contribution is 2.24. The molecule has 20 heavy (non-hydrogen) atoms. The van der Waals surface area contributed by atoms with Gasteiger partial charge in [0.15, 0.2) is 0 Å². The summed E-state index contributed by atoms with van der Waals surface area (Å²) in [6, 6.07) is 4.50. The Hall–Kier alpha value is -2.24. The van der Waals surface area contributed by atoms with Gasteiger partial charge in [-0.2, -0.15) is 0 Å². The maximum absolute atomic E-state index is 12.1. The molecule has 1 aromatic carbocycles. The van der Waals surface area contributed by atoms with Crippen LogP contribution in [-0.4, -0.2) is 49.7 Å². The van der Waals surface area contributed by atoms with Crippen LogP contribution in [0.4, 0.5) is 0 Å². The van der Waals surface area contributed by atoms with Crippen LogP contribution in [0.3, 0.4) is 0 Å². The lowest BCUT2D eigenvalue weighted by Crippen LogP contribution is -2.28. The number of phenolic OH excluding ortho intramolecular Hbond substituents is 1. The molecule has 0 aliphatic carbocycles. The van der Waals surface area contributed by atoms with Gasteiger partial charge in [0, 0.05) is 26.1 Å². The van der Waals surface area contributed by atoms with Crippen LogP contribution in [0.5, 0.6) is 11.5 Å². The van der Waals surface area contributed by atoms with Crippen molar-refractivity contribution in [3.8, 4) is 11.5 Å². The van der Waals surface area contributed by atoms with E-state index in [2.05, 4.69) is 4.74 Å². The highest BCUT2D eigenvalue weighted by molar-refractivity contribution is 5.96. The summed E-state index contributed by atoms with van der Waals surface area (Å²) in [5, 5.41) is 9.79. The SMILES string of the molecule is COC(=O)CCCN(C)C(=O)c1ccc(OC)cc1O. The van der Waals surface area contributed by atoms with Crippen molar-refractivity contribution in [1.29, 1.82) is 0 Å². The molecule has 0 radical (unpaired) electrons. The number of phenols is 1. The van der Waals surface area contributed by atoms with Crippen LogP contribution < -0.4 is 4.74 Å². The monoisotopic (exact) mass is 281 g/mol. The second-order valence-electron chi connectivity index (χ2n) is 4.29. The van der Waals surface area contributed by atoms with E-state index in [-0.39, 0.29) is 29.6 Å². The summed E-state index contributed by atoms with van der Waals surface area (Å²) in [5.41, 5.74) is 0.200. The first kappa shape index (κ1) is 15.8. The average molecular weight is 281 g/mol. The number of aromatic hydroxyl groups is 1. The number of benzene rings is 1. The zero-order valence-corrected chi connectivity index (χ0v) is 11.9. The van der Waals surface area contributed by atoms with Crippen molar-refractivity contribution < 1.29 is 24.2 Å². The first-order valence-electron chi connectivity index (χ1n) is 6.19. The van der Waals surface area contributed by atoms with Gasteiger partial charge in [-0.3, -0.25) is 9.59 Å². The number of hydrogen-bond acceptors (Lipinski definition) is 5. The van der Waals surface area contributed by atoms with Crippen molar-refractivity contribution >= 4 is 11.9 Å². The van der Waals surface area contributed by atoms with Gasteiger partial charge in [-0.1, -0.05) is 0 Å². The van der Waals surface area contributed by atoms with E-state index < -0.39 is 0 Å². The number of rotatable bonds is 6. The lowest BCUT2D eigenvalue weighted by atomic mass is 10.1. The van der Waals surface area contributed by atoms with Gasteiger partial charge in [0.05, 0.1) is 19.8 Å². The highest BCUT2D eigenvalue weighted by atomic mass is 16.5. The van der Waals surface area contributed by atoms with Crippen molar-refractivity contribution in [3.05, 3.63) is 23.8 Å². The molecule has 1 rings (SSSR count). The molecule has 0 aromatic heterocycles. The first-order chi connectivity index (χ1) is 9.49. The van der Waals surface area contributed by atoms with Gasteiger partial charge >= 0.3 is 5.97 Å². The first-order valence-corrected chi connectivity index (χ1v) is 6.19. The van der Waals surface area contributed by atoms with Gasteiger partial charge < -0.3 is 19.5 Å². The Labute approximate surface area is 117 Å². The number of amides is 1. The summed E-state index contributed by atoms with van der Waals surface area (Å²) >= 11 is 0. The molecule has 0 unspecified atom stereocenters. The number of ether oxygens (including phenoxy) is 2. The van der Waals surface area contributed by atoms with Gasteiger partial charge in [0.2, 0.25) is 0 Å². The standard InChI is InChI=1S/C14H19NO5/c1-15(8-4-5-13(17)20-3)14(18)11-7-6-10(19-2)9-12(11)16/h6-7,9,16H,4-5,8H2,1-3H3. The van der Waals surface area contributed by atoms with Crippen molar-refractivity contribution in [1.82, 2.24) is 4.90 Å². The van der Waals surface area contributed by atoms with Crippen molar-refractivity contribution in [2.75, 3.05) is 27.8 Å². The summed E-state index contributed by atoms with van der Waals surface area (Å²) in [5.74, 6) is -0.269. The second-order valence-corrected chi connectivity index (χ2v) is 4.29. The number of methoxy groups -OCH3 is 2. The predicted molar refractivity (Wildman–Crippen MR) is 72.9 cm³/mol. The highest BCUT2D eigenvalue weighted by Gasteiger charge is 2.16. The molecule has 0 aliphatic rings. The van der Waals surface area contributed by atoms with Crippen LogP contribution in [0.2, 0.25) is 0 Å². The Morgan fingerprint density at radius 2 is 2.00 bits per heavy atom. The number of carbonyl (C=O) groups excluding carboxylic acids is 2. The zero-order valence-electron chi connectivity index (χ0n) is 11.9. The molecule has 1 aromatic rings. The van der Waals surface area contributed by atoms with E-state index >= 15 is 0 Å². The van der Waals surface area contributed by atoms with Crippen LogP contribution in [0.15, 0.2) is 18.2 Å². The minimum absolute atomic E-state index is 0.130. The van der Waals surface area contributed by atoms with Crippen LogP contribution in [0.25, 0.3) is 0 Å². The molecule has 6 heteroatoms. The van der Waals surface area contributed by atoms with E-state index in [0.29, 0.717) is 18.7 Å². The molecule has 0 aliphatic heterocycles. The second kappa shape index (κ2) is 7.37. The lowest BCUT2D eigenvalue weighted by Gasteiger charge is -2.17. The van der Waals surface area contributed by atoms with E-state index in [1.165, 1.54) is 31.3 Å². The Morgan fingerprint density at radius 1 is 1.30 bits per heavy atom. The Bertz CT molecular complexity index is 486. The van der Waals surface area contributed by atoms with Gasteiger partial charge in [-0.05, 0) is 18.6 Å². The minimum atomic E-state index is -0.310. The van der Waals surface area contributed by atoms with Gasteiger partial charge in [-0.25, -0.2) is 0 Å². The molecule has 1 amide bonds. The molecule has 6 nitrogen and oxygen atoms in total. The molecule has 0 atom stereocenters. The van der Waals surface area contributed by atoms with Crippen LogP contribution in [0.1, 0.15) is 23.2 Å². The molecule has 0 bridgehead atoms. The van der Waals surface area contributed by atoms with Crippen molar-refractivity contribution in [3.63, 3.8) is 0 Å².